The molecule has 2 fully saturated rings. The Bertz CT molecular complexity index is 642. The van der Waals surface area contributed by atoms with Gasteiger partial charge >= 0.3 is 0 Å². The van der Waals surface area contributed by atoms with E-state index in [9.17, 15) is 15.3 Å². The maximum Gasteiger partial charge on any atom is 0.161 e. The van der Waals surface area contributed by atoms with E-state index < -0.39 is 0 Å². The summed E-state index contributed by atoms with van der Waals surface area (Å²) in [5, 5.41) is 30.7. The highest BCUT2D eigenvalue weighted by Crippen LogP contribution is 2.52. The fraction of sp³-hybridized carbons (Fsp3) is 0.750. The van der Waals surface area contributed by atoms with Crippen molar-refractivity contribution in [2.75, 3.05) is 0 Å². The zero-order valence-electron chi connectivity index (χ0n) is 17.3. The van der Waals surface area contributed by atoms with Crippen LogP contribution in [0.1, 0.15) is 102 Å². The van der Waals surface area contributed by atoms with Crippen LogP contribution in [0.2, 0.25) is 0 Å². The van der Waals surface area contributed by atoms with Gasteiger partial charge in [-0.15, -0.1) is 0 Å². The van der Waals surface area contributed by atoms with E-state index in [1.54, 1.807) is 0 Å². The van der Waals surface area contributed by atoms with Crippen molar-refractivity contribution in [2.24, 2.45) is 10.8 Å². The minimum absolute atomic E-state index is 0.0232. The molecule has 0 aliphatic heterocycles. The van der Waals surface area contributed by atoms with Gasteiger partial charge in [0, 0.05) is 17.2 Å². The maximum atomic E-state index is 10.4. The van der Waals surface area contributed by atoms with Gasteiger partial charge in [-0.25, -0.2) is 0 Å². The number of aromatic hydroxyl groups is 3. The Hall–Kier alpha value is -1.38. The van der Waals surface area contributed by atoms with Crippen LogP contribution in [-0.2, 0) is 12.8 Å². The van der Waals surface area contributed by atoms with E-state index in [-0.39, 0.29) is 17.2 Å². The molecule has 1 aromatic carbocycles. The fourth-order valence-corrected chi connectivity index (χ4v) is 4.54. The molecule has 1 aromatic rings. The van der Waals surface area contributed by atoms with Crippen LogP contribution in [0.5, 0.6) is 17.2 Å². The van der Waals surface area contributed by atoms with Crippen molar-refractivity contribution in [3.63, 3.8) is 0 Å². The molecule has 3 heteroatoms. The SMILES string of the molecule is CCC1(CCCCc2c(O)c(O)cc(O)c2CCCCCC2(C)CC2)CC1. The third-order valence-electron chi connectivity index (χ3n) is 7.38. The molecule has 0 atom stereocenters. The number of phenolic OH excluding ortho intramolecular Hbond substituents is 3. The third-order valence-corrected chi connectivity index (χ3v) is 7.38. The van der Waals surface area contributed by atoms with Gasteiger partial charge in [-0.2, -0.15) is 0 Å². The van der Waals surface area contributed by atoms with Crippen LogP contribution in [0.15, 0.2) is 6.07 Å². The molecule has 2 aliphatic rings. The second-order valence-corrected chi connectivity index (χ2v) is 9.65. The van der Waals surface area contributed by atoms with Crippen LogP contribution < -0.4 is 0 Å². The van der Waals surface area contributed by atoms with Crippen LogP contribution in [-0.4, -0.2) is 15.3 Å². The van der Waals surface area contributed by atoms with Crippen LogP contribution >= 0.6 is 0 Å². The van der Waals surface area contributed by atoms with Gasteiger partial charge in [0.05, 0.1) is 0 Å². The number of rotatable bonds is 12. The van der Waals surface area contributed by atoms with E-state index in [0.717, 1.165) is 49.7 Å². The predicted octanol–water partition coefficient (Wildman–Crippen LogP) is 6.61. The highest BCUT2D eigenvalue weighted by atomic mass is 16.3. The van der Waals surface area contributed by atoms with E-state index in [1.807, 2.05) is 0 Å². The molecule has 0 saturated heterocycles. The average Bonchev–Trinajstić information content (AvgIpc) is 3.56. The topological polar surface area (TPSA) is 60.7 Å². The highest BCUT2D eigenvalue weighted by molar-refractivity contribution is 5.55. The average molecular weight is 375 g/mol. The van der Waals surface area contributed by atoms with E-state index >= 15 is 0 Å². The van der Waals surface area contributed by atoms with Gasteiger partial charge < -0.3 is 15.3 Å². The highest BCUT2D eigenvalue weighted by Gasteiger charge is 2.39. The molecule has 0 radical (unpaired) electrons. The number of hydrogen-bond donors (Lipinski definition) is 3. The second-order valence-electron chi connectivity index (χ2n) is 9.65. The quantitative estimate of drug-likeness (QED) is 0.219. The van der Waals surface area contributed by atoms with Crippen molar-refractivity contribution in [3.8, 4) is 17.2 Å². The van der Waals surface area contributed by atoms with Crippen LogP contribution in [0.3, 0.4) is 0 Å². The number of benzene rings is 1. The van der Waals surface area contributed by atoms with Crippen molar-refractivity contribution in [1.82, 2.24) is 0 Å². The summed E-state index contributed by atoms with van der Waals surface area (Å²) in [5.41, 5.74) is 2.83. The molecule has 0 heterocycles. The molecule has 152 valence electrons. The van der Waals surface area contributed by atoms with Crippen molar-refractivity contribution < 1.29 is 15.3 Å². The Labute approximate surface area is 164 Å². The summed E-state index contributed by atoms with van der Waals surface area (Å²) in [6.45, 7) is 4.66. The first-order chi connectivity index (χ1) is 12.9. The molecule has 3 nitrogen and oxygen atoms in total. The number of hydrogen-bond acceptors (Lipinski definition) is 3. The maximum absolute atomic E-state index is 10.4. The molecule has 27 heavy (non-hydrogen) atoms. The van der Waals surface area contributed by atoms with Crippen LogP contribution in [0.25, 0.3) is 0 Å². The minimum atomic E-state index is -0.194. The van der Waals surface area contributed by atoms with Crippen molar-refractivity contribution >= 4 is 0 Å². The lowest BCUT2D eigenvalue weighted by Crippen LogP contribution is -2.01. The van der Waals surface area contributed by atoms with E-state index in [0.29, 0.717) is 10.8 Å². The lowest BCUT2D eigenvalue weighted by Gasteiger charge is -2.16. The van der Waals surface area contributed by atoms with Gasteiger partial charge in [0.2, 0.25) is 0 Å². The summed E-state index contributed by atoms with van der Waals surface area (Å²) in [6, 6.07) is 1.30. The second kappa shape index (κ2) is 8.32. The summed E-state index contributed by atoms with van der Waals surface area (Å²) < 4.78 is 0. The molecular formula is C24H38O3. The molecule has 0 spiro atoms. The smallest absolute Gasteiger partial charge is 0.161 e. The summed E-state index contributed by atoms with van der Waals surface area (Å²) in [6.07, 6.45) is 16.5. The van der Waals surface area contributed by atoms with E-state index in [2.05, 4.69) is 13.8 Å². The van der Waals surface area contributed by atoms with Crippen molar-refractivity contribution in [3.05, 3.63) is 17.2 Å². The summed E-state index contributed by atoms with van der Waals surface area (Å²) in [4.78, 5) is 0. The standard InChI is InChI=1S/C24H38O3/c1-3-24(15-16-24)12-8-6-10-19-18(20(25)17-21(26)22(19)27)9-5-4-7-11-23(2)13-14-23/h17,25-27H,3-16H2,1-2H3. The molecule has 0 unspecified atom stereocenters. The van der Waals surface area contributed by atoms with Gasteiger partial charge in [0.25, 0.3) is 0 Å². The summed E-state index contributed by atoms with van der Waals surface area (Å²) in [7, 11) is 0. The third kappa shape index (κ3) is 5.33. The first kappa shape index (κ1) is 20.4. The lowest BCUT2D eigenvalue weighted by atomic mass is 9.91. The minimum Gasteiger partial charge on any atom is -0.508 e. The Kier molecular flexibility index (Phi) is 6.28. The lowest BCUT2D eigenvalue weighted by molar-refractivity contribution is 0.386. The molecule has 0 aromatic heterocycles. The molecule has 2 saturated carbocycles. The first-order valence-electron chi connectivity index (χ1n) is 11.1. The molecule has 0 amide bonds. The van der Waals surface area contributed by atoms with Crippen LogP contribution in [0.4, 0.5) is 0 Å². The Morgan fingerprint density at radius 1 is 0.778 bits per heavy atom. The molecule has 3 rings (SSSR count). The molecule has 2 aliphatic carbocycles. The number of phenols is 3. The zero-order valence-corrected chi connectivity index (χ0v) is 17.3. The normalized spacial score (nSPS) is 19.2. The van der Waals surface area contributed by atoms with E-state index in [4.69, 9.17) is 0 Å². The first-order valence-corrected chi connectivity index (χ1v) is 11.1. The summed E-state index contributed by atoms with van der Waals surface area (Å²) >= 11 is 0. The monoisotopic (exact) mass is 374 g/mol. The Morgan fingerprint density at radius 2 is 1.41 bits per heavy atom. The van der Waals surface area contributed by atoms with Gasteiger partial charge in [0.1, 0.15) is 5.75 Å². The predicted molar refractivity (Wildman–Crippen MR) is 110 cm³/mol. The zero-order chi connectivity index (χ0) is 19.5. The summed E-state index contributed by atoms with van der Waals surface area (Å²) in [5.74, 6) is -0.0771. The Balaban J connectivity index is 1.52. The van der Waals surface area contributed by atoms with Crippen molar-refractivity contribution in [2.45, 2.75) is 104 Å². The van der Waals surface area contributed by atoms with Gasteiger partial charge in [0.15, 0.2) is 11.5 Å². The molecular weight excluding hydrogens is 336 g/mol. The number of unbranched alkanes of at least 4 members (excludes halogenated alkanes) is 3. The van der Waals surface area contributed by atoms with Gasteiger partial charge in [-0.05, 0) is 75.0 Å². The van der Waals surface area contributed by atoms with Gasteiger partial charge in [-0.3, -0.25) is 0 Å². The van der Waals surface area contributed by atoms with Crippen molar-refractivity contribution in [1.29, 1.82) is 0 Å². The largest absolute Gasteiger partial charge is 0.508 e. The Morgan fingerprint density at radius 3 is 2.04 bits per heavy atom. The van der Waals surface area contributed by atoms with Gasteiger partial charge in [-0.1, -0.05) is 39.5 Å². The van der Waals surface area contributed by atoms with E-state index in [1.165, 1.54) is 57.4 Å². The molecule has 3 N–H and O–H groups in total. The molecule has 0 bridgehead atoms. The van der Waals surface area contributed by atoms with Crippen LogP contribution in [0, 0.1) is 10.8 Å². The fourth-order valence-electron chi connectivity index (χ4n) is 4.54.